The molecule has 0 saturated heterocycles. The second kappa shape index (κ2) is 8.75. The minimum atomic E-state index is -0.479. The van der Waals surface area contributed by atoms with Crippen molar-refractivity contribution in [1.82, 2.24) is 15.6 Å². The Morgan fingerprint density at radius 3 is 2.27 bits per heavy atom. The highest BCUT2D eigenvalue weighted by atomic mass is 16.6. The highest BCUT2D eigenvalue weighted by molar-refractivity contribution is 5.94. The molecule has 7 nitrogen and oxygen atoms in total. The van der Waals surface area contributed by atoms with Crippen LogP contribution in [0.1, 0.15) is 62.5 Å². The molecule has 1 aliphatic carbocycles. The summed E-state index contributed by atoms with van der Waals surface area (Å²) in [5.74, 6) is 0.750. The molecule has 0 aliphatic heterocycles. The second-order valence-electron chi connectivity index (χ2n) is 7.89. The molecule has 1 fully saturated rings. The van der Waals surface area contributed by atoms with Gasteiger partial charge in [-0.1, -0.05) is 0 Å². The van der Waals surface area contributed by atoms with E-state index in [1.54, 1.807) is 12.3 Å². The molecule has 26 heavy (non-hydrogen) atoms. The van der Waals surface area contributed by atoms with Crippen LogP contribution < -0.4 is 10.6 Å². The van der Waals surface area contributed by atoms with E-state index >= 15 is 0 Å². The fourth-order valence-corrected chi connectivity index (χ4v) is 3.11. The molecule has 1 aromatic heterocycles. The second-order valence-corrected chi connectivity index (χ2v) is 7.89. The molecule has 1 aliphatic rings. The molecule has 0 aromatic carbocycles. The number of hydrogen-bond acceptors (Lipinski definition) is 4. The van der Waals surface area contributed by atoms with E-state index in [1.165, 1.54) is 0 Å². The predicted octanol–water partition coefficient (Wildman–Crippen LogP) is 2.95. The summed E-state index contributed by atoms with van der Waals surface area (Å²) in [7, 11) is 0. The van der Waals surface area contributed by atoms with Crippen LogP contribution in [0.3, 0.4) is 0 Å². The summed E-state index contributed by atoms with van der Waals surface area (Å²) in [6.07, 6.45) is 5.29. The summed E-state index contributed by atoms with van der Waals surface area (Å²) < 4.78 is 5.25. The van der Waals surface area contributed by atoms with E-state index in [-0.39, 0.29) is 12.0 Å². The monoisotopic (exact) mass is 360 g/mol. The molecule has 1 heterocycles. The largest absolute Gasteiger partial charge is 0.444 e. The van der Waals surface area contributed by atoms with E-state index in [9.17, 15) is 9.59 Å². The number of nitrogens with one attached hydrogen (secondary N) is 3. The van der Waals surface area contributed by atoms with E-state index in [1.807, 2.05) is 26.8 Å². The van der Waals surface area contributed by atoms with Gasteiger partial charge in [-0.05, 0) is 64.4 Å². The lowest BCUT2D eigenvalue weighted by Crippen LogP contribution is -2.37. The van der Waals surface area contributed by atoms with Gasteiger partial charge in [0, 0.05) is 19.3 Å². The number of nitrogens with zero attached hydrogens (tertiary/aromatic N) is 1. The molecule has 3 N–H and O–H groups in total. The third-order valence-electron chi connectivity index (χ3n) is 4.52. The van der Waals surface area contributed by atoms with Crippen LogP contribution in [0, 0.1) is 23.2 Å². The minimum Gasteiger partial charge on any atom is -0.444 e. The van der Waals surface area contributed by atoms with E-state index in [4.69, 9.17) is 10.00 Å². The molecule has 7 heteroatoms. The molecule has 2 rings (SSSR count). The fraction of sp³-hybridized carbons (Fsp3) is 0.632. The number of aromatic nitrogens is 1. The zero-order chi connectivity index (χ0) is 19.2. The van der Waals surface area contributed by atoms with Gasteiger partial charge in [-0.3, -0.25) is 4.79 Å². The lowest BCUT2D eigenvalue weighted by Gasteiger charge is -2.29. The van der Waals surface area contributed by atoms with Gasteiger partial charge < -0.3 is 20.4 Å². The van der Waals surface area contributed by atoms with Crippen LogP contribution >= 0.6 is 0 Å². The van der Waals surface area contributed by atoms with Crippen molar-refractivity contribution < 1.29 is 14.3 Å². The van der Waals surface area contributed by atoms with E-state index in [0.717, 1.165) is 25.7 Å². The number of carbonyl (C=O) groups excluding carboxylic acids is 2. The summed E-state index contributed by atoms with van der Waals surface area (Å²) >= 11 is 0. The predicted molar refractivity (Wildman–Crippen MR) is 97.5 cm³/mol. The Balaban J connectivity index is 1.65. The van der Waals surface area contributed by atoms with Gasteiger partial charge in [-0.25, -0.2) is 4.79 Å². The maximum atomic E-state index is 12.1. The van der Waals surface area contributed by atoms with Crippen molar-refractivity contribution in [2.24, 2.45) is 11.8 Å². The zero-order valence-electron chi connectivity index (χ0n) is 15.7. The van der Waals surface area contributed by atoms with Crippen LogP contribution in [-0.4, -0.2) is 35.7 Å². The summed E-state index contributed by atoms with van der Waals surface area (Å²) in [5, 5.41) is 14.6. The summed E-state index contributed by atoms with van der Waals surface area (Å²) in [6.45, 7) is 6.81. The van der Waals surface area contributed by atoms with Crippen LogP contribution in [0.15, 0.2) is 12.3 Å². The topological polar surface area (TPSA) is 107 Å². The Morgan fingerprint density at radius 1 is 1.19 bits per heavy atom. The lowest BCUT2D eigenvalue weighted by molar-refractivity contribution is 0.0512. The summed E-state index contributed by atoms with van der Waals surface area (Å²) in [4.78, 5) is 26.5. The summed E-state index contributed by atoms with van der Waals surface area (Å²) in [5.41, 5.74) is 0.387. The third kappa shape index (κ3) is 6.43. The van der Waals surface area contributed by atoms with Crippen LogP contribution in [-0.2, 0) is 4.74 Å². The van der Waals surface area contributed by atoms with Crippen molar-refractivity contribution in [3.8, 4) is 6.07 Å². The molecule has 0 radical (unpaired) electrons. The number of H-pyrrole nitrogens is 1. The van der Waals surface area contributed by atoms with Gasteiger partial charge >= 0.3 is 6.09 Å². The van der Waals surface area contributed by atoms with Crippen LogP contribution in [0.4, 0.5) is 4.79 Å². The Kier molecular flexibility index (Phi) is 6.67. The van der Waals surface area contributed by atoms with E-state index in [0.29, 0.717) is 36.2 Å². The molecule has 1 saturated carbocycles. The minimum absolute atomic E-state index is 0.156. The quantitative estimate of drug-likeness (QED) is 0.750. The number of alkyl carbamates (subject to hydrolysis) is 1. The standard InChI is InChI=1S/C19H28N4O3/c1-19(2,3)26-18(25)23-11-14-6-4-13(5-7-14)10-22-17(24)15-8-16(9-20)21-12-15/h8,12-14,21H,4-7,10-11H2,1-3H3,(H,22,24)(H,23,25). The van der Waals surface area contributed by atoms with E-state index in [2.05, 4.69) is 15.6 Å². The van der Waals surface area contributed by atoms with Crippen LogP contribution in [0.2, 0.25) is 0 Å². The summed E-state index contributed by atoms with van der Waals surface area (Å²) in [6, 6.07) is 3.52. The molecule has 1 aromatic rings. The first-order valence-corrected chi connectivity index (χ1v) is 9.10. The molecule has 0 spiro atoms. The van der Waals surface area contributed by atoms with Gasteiger partial charge in [0.05, 0.1) is 5.56 Å². The zero-order valence-corrected chi connectivity index (χ0v) is 15.7. The van der Waals surface area contributed by atoms with Crippen molar-refractivity contribution in [2.75, 3.05) is 13.1 Å². The van der Waals surface area contributed by atoms with Crippen molar-refractivity contribution in [1.29, 1.82) is 5.26 Å². The van der Waals surface area contributed by atoms with Gasteiger partial charge in [0.25, 0.3) is 5.91 Å². The normalized spacial score (nSPS) is 20.1. The number of amides is 2. The maximum Gasteiger partial charge on any atom is 0.407 e. The first-order valence-electron chi connectivity index (χ1n) is 9.10. The number of ether oxygens (including phenoxy) is 1. The average Bonchev–Trinajstić information content (AvgIpc) is 3.06. The first-order chi connectivity index (χ1) is 12.3. The molecule has 142 valence electrons. The van der Waals surface area contributed by atoms with Crippen molar-refractivity contribution >= 4 is 12.0 Å². The molecule has 0 bridgehead atoms. The molecule has 0 atom stereocenters. The molecule has 2 amide bonds. The number of hydrogen-bond donors (Lipinski definition) is 3. The van der Waals surface area contributed by atoms with Crippen molar-refractivity contribution in [3.05, 3.63) is 23.5 Å². The van der Waals surface area contributed by atoms with Crippen molar-refractivity contribution in [3.63, 3.8) is 0 Å². The molecular weight excluding hydrogens is 332 g/mol. The smallest absolute Gasteiger partial charge is 0.407 e. The van der Waals surface area contributed by atoms with E-state index < -0.39 is 5.60 Å². The van der Waals surface area contributed by atoms with Gasteiger partial charge in [0.2, 0.25) is 0 Å². The average molecular weight is 360 g/mol. The Hall–Kier alpha value is -2.49. The van der Waals surface area contributed by atoms with Gasteiger partial charge in [0.15, 0.2) is 0 Å². The lowest BCUT2D eigenvalue weighted by atomic mass is 9.82. The Labute approximate surface area is 154 Å². The van der Waals surface area contributed by atoms with Crippen LogP contribution in [0.5, 0.6) is 0 Å². The number of rotatable bonds is 5. The Morgan fingerprint density at radius 2 is 1.77 bits per heavy atom. The number of aromatic amines is 1. The fourth-order valence-electron chi connectivity index (χ4n) is 3.11. The van der Waals surface area contributed by atoms with Crippen molar-refractivity contribution in [2.45, 2.75) is 52.1 Å². The highest BCUT2D eigenvalue weighted by Gasteiger charge is 2.23. The van der Waals surface area contributed by atoms with Gasteiger partial charge in [-0.2, -0.15) is 5.26 Å². The Bertz CT molecular complexity index is 661. The first kappa shape index (κ1) is 19.8. The SMILES string of the molecule is CC(C)(C)OC(=O)NCC1CCC(CNC(=O)c2c[nH]c(C#N)c2)CC1. The third-order valence-corrected chi connectivity index (χ3v) is 4.52. The van der Waals surface area contributed by atoms with Gasteiger partial charge in [0.1, 0.15) is 17.4 Å². The van der Waals surface area contributed by atoms with Crippen LogP contribution in [0.25, 0.3) is 0 Å². The maximum absolute atomic E-state index is 12.1. The number of nitriles is 1. The molecule has 0 unspecified atom stereocenters. The number of carbonyl (C=O) groups is 2. The highest BCUT2D eigenvalue weighted by Crippen LogP contribution is 2.28. The van der Waals surface area contributed by atoms with Gasteiger partial charge in [-0.15, -0.1) is 0 Å². The molecular formula is C19H28N4O3.